The minimum atomic E-state index is -3.62. The zero-order valence-electron chi connectivity index (χ0n) is 18.5. The SMILES string of the molecule is CO[C@@H]1CN(C(=O)c2cc(C)ccc2C)C[C@H]1Oc1cccc(NS(=O)(=O)N(C)C)c1. The van der Waals surface area contributed by atoms with Crippen LogP contribution >= 0.6 is 0 Å². The lowest BCUT2D eigenvalue weighted by Gasteiger charge is -2.20. The van der Waals surface area contributed by atoms with E-state index in [4.69, 9.17) is 9.47 Å². The van der Waals surface area contributed by atoms with E-state index in [2.05, 4.69) is 4.72 Å². The fraction of sp³-hybridized carbons (Fsp3) is 0.409. The van der Waals surface area contributed by atoms with Crippen molar-refractivity contribution in [1.29, 1.82) is 0 Å². The van der Waals surface area contributed by atoms with E-state index in [0.29, 0.717) is 30.1 Å². The van der Waals surface area contributed by atoms with E-state index in [9.17, 15) is 13.2 Å². The van der Waals surface area contributed by atoms with Crippen LogP contribution in [0.5, 0.6) is 5.75 Å². The number of amides is 1. The van der Waals surface area contributed by atoms with Gasteiger partial charge in [0.2, 0.25) is 0 Å². The van der Waals surface area contributed by atoms with Crippen LogP contribution in [0, 0.1) is 13.8 Å². The Labute approximate surface area is 183 Å². The molecule has 31 heavy (non-hydrogen) atoms. The number of hydrogen-bond acceptors (Lipinski definition) is 5. The lowest BCUT2D eigenvalue weighted by molar-refractivity contribution is 0.0340. The average Bonchev–Trinajstić information content (AvgIpc) is 3.12. The van der Waals surface area contributed by atoms with Gasteiger partial charge in [0.25, 0.3) is 5.91 Å². The fourth-order valence-electron chi connectivity index (χ4n) is 3.43. The number of carbonyl (C=O) groups is 1. The van der Waals surface area contributed by atoms with Crippen molar-refractivity contribution in [2.24, 2.45) is 0 Å². The normalized spacial score (nSPS) is 19.0. The summed E-state index contributed by atoms with van der Waals surface area (Å²) in [5.41, 5.74) is 3.02. The molecule has 0 saturated carbocycles. The van der Waals surface area contributed by atoms with Crippen molar-refractivity contribution in [2.45, 2.75) is 26.1 Å². The van der Waals surface area contributed by atoms with Crippen LogP contribution in [0.25, 0.3) is 0 Å². The number of likely N-dealkylation sites (tertiary alicyclic amines) is 1. The third-order valence-electron chi connectivity index (χ3n) is 5.28. The maximum Gasteiger partial charge on any atom is 0.301 e. The van der Waals surface area contributed by atoms with Crippen LogP contribution in [0.4, 0.5) is 5.69 Å². The molecule has 1 heterocycles. The molecule has 1 fully saturated rings. The second-order valence-electron chi connectivity index (χ2n) is 7.88. The first-order valence-electron chi connectivity index (χ1n) is 9.97. The zero-order chi connectivity index (χ0) is 22.8. The van der Waals surface area contributed by atoms with Gasteiger partial charge >= 0.3 is 10.2 Å². The summed E-state index contributed by atoms with van der Waals surface area (Å²) >= 11 is 0. The van der Waals surface area contributed by atoms with E-state index >= 15 is 0 Å². The molecule has 0 aromatic heterocycles. The molecule has 0 aliphatic carbocycles. The molecule has 2 aromatic carbocycles. The summed E-state index contributed by atoms with van der Waals surface area (Å²) in [6, 6.07) is 12.5. The van der Waals surface area contributed by atoms with Crippen LogP contribution in [-0.4, -0.2) is 70.0 Å². The van der Waals surface area contributed by atoms with Gasteiger partial charge in [0.05, 0.1) is 18.8 Å². The summed E-state index contributed by atoms with van der Waals surface area (Å²) in [4.78, 5) is 14.8. The first kappa shape index (κ1) is 23.1. The smallest absolute Gasteiger partial charge is 0.301 e. The molecule has 0 bridgehead atoms. The zero-order valence-corrected chi connectivity index (χ0v) is 19.3. The van der Waals surface area contributed by atoms with E-state index in [0.717, 1.165) is 15.4 Å². The largest absolute Gasteiger partial charge is 0.486 e. The van der Waals surface area contributed by atoms with Crippen LogP contribution in [0.3, 0.4) is 0 Å². The van der Waals surface area contributed by atoms with Gasteiger partial charge in [-0.2, -0.15) is 12.7 Å². The number of hydrogen-bond donors (Lipinski definition) is 1. The Kier molecular flexibility index (Phi) is 6.88. The quantitative estimate of drug-likeness (QED) is 0.704. The molecule has 168 valence electrons. The van der Waals surface area contributed by atoms with Crippen molar-refractivity contribution in [2.75, 3.05) is 39.0 Å². The summed E-state index contributed by atoms with van der Waals surface area (Å²) in [7, 11) is 0.874. The number of benzene rings is 2. The van der Waals surface area contributed by atoms with Crippen molar-refractivity contribution in [1.82, 2.24) is 9.21 Å². The van der Waals surface area contributed by atoms with E-state index in [1.54, 1.807) is 36.3 Å². The second-order valence-corrected chi connectivity index (χ2v) is 9.76. The van der Waals surface area contributed by atoms with Gasteiger partial charge < -0.3 is 14.4 Å². The minimum Gasteiger partial charge on any atom is -0.486 e. The molecule has 1 aliphatic heterocycles. The molecule has 2 aromatic rings. The Bertz CT molecular complexity index is 1050. The van der Waals surface area contributed by atoms with Crippen LogP contribution in [0.2, 0.25) is 0 Å². The topological polar surface area (TPSA) is 88.2 Å². The molecule has 1 N–H and O–H groups in total. The molecular formula is C22H29N3O5S. The predicted octanol–water partition coefficient (Wildman–Crippen LogP) is 2.44. The van der Waals surface area contributed by atoms with Gasteiger partial charge in [0.1, 0.15) is 18.0 Å². The van der Waals surface area contributed by atoms with E-state index < -0.39 is 10.2 Å². The van der Waals surface area contributed by atoms with Crippen LogP contribution in [0.1, 0.15) is 21.5 Å². The highest BCUT2D eigenvalue weighted by Gasteiger charge is 2.37. The molecule has 8 nitrogen and oxygen atoms in total. The first-order valence-corrected chi connectivity index (χ1v) is 11.4. The maximum absolute atomic E-state index is 13.1. The van der Waals surface area contributed by atoms with E-state index in [1.807, 2.05) is 32.0 Å². The number of carbonyl (C=O) groups excluding carboxylic acids is 1. The van der Waals surface area contributed by atoms with Gasteiger partial charge in [-0.15, -0.1) is 0 Å². The fourth-order valence-corrected chi connectivity index (χ4v) is 4.04. The van der Waals surface area contributed by atoms with Gasteiger partial charge in [-0.25, -0.2) is 0 Å². The lowest BCUT2D eigenvalue weighted by atomic mass is 10.0. The highest BCUT2D eigenvalue weighted by Crippen LogP contribution is 2.25. The Morgan fingerprint density at radius 2 is 1.81 bits per heavy atom. The summed E-state index contributed by atoms with van der Waals surface area (Å²) in [5, 5.41) is 0. The van der Waals surface area contributed by atoms with Crippen LogP contribution in [0.15, 0.2) is 42.5 Å². The highest BCUT2D eigenvalue weighted by atomic mass is 32.2. The molecule has 1 amide bonds. The molecule has 9 heteroatoms. The third-order valence-corrected chi connectivity index (χ3v) is 6.73. The number of methoxy groups -OCH3 is 1. The van der Waals surface area contributed by atoms with Gasteiger partial charge in [0.15, 0.2) is 0 Å². The summed E-state index contributed by atoms with van der Waals surface area (Å²) in [5.74, 6) is 0.439. The molecule has 3 rings (SSSR count). The lowest BCUT2D eigenvalue weighted by Crippen LogP contribution is -2.32. The van der Waals surface area contributed by atoms with Crippen molar-refractivity contribution in [3.05, 3.63) is 59.2 Å². The van der Waals surface area contributed by atoms with Crippen LogP contribution < -0.4 is 9.46 Å². The van der Waals surface area contributed by atoms with Crippen molar-refractivity contribution in [3.8, 4) is 5.75 Å². The van der Waals surface area contributed by atoms with Gasteiger partial charge in [0, 0.05) is 32.8 Å². The molecule has 1 aliphatic rings. The first-order chi connectivity index (χ1) is 14.6. The number of nitrogens with one attached hydrogen (secondary N) is 1. The monoisotopic (exact) mass is 447 g/mol. The number of anilines is 1. The molecule has 1 saturated heterocycles. The molecule has 0 unspecified atom stereocenters. The molecule has 2 atom stereocenters. The second kappa shape index (κ2) is 9.25. The summed E-state index contributed by atoms with van der Waals surface area (Å²) in [6.45, 7) is 4.67. The Morgan fingerprint density at radius 1 is 1.10 bits per heavy atom. The summed E-state index contributed by atoms with van der Waals surface area (Å²) < 4.78 is 39.4. The van der Waals surface area contributed by atoms with E-state index in [-0.39, 0.29) is 18.1 Å². The molecule has 0 spiro atoms. The van der Waals surface area contributed by atoms with Gasteiger partial charge in [-0.1, -0.05) is 23.8 Å². The molecular weight excluding hydrogens is 418 g/mol. The maximum atomic E-state index is 13.1. The Balaban J connectivity index is 1.74. The van der Waals surface area contributed by atoms with Crippen molar-refractivity contribution < 1.29 is 22.7 Å². The number of ether oxygens (including phenoxy) is 2. The third kappa shape index (κ3) is 5.36. The van der Waals surface area contributed by atoms with Crippen LogP contribution in [-0.2, 0) is 14.9 Å². The molecule has 0 radical (unpaired) electrons. The highest BCUT2D eigenvalue weighted by molar-refractivity contribution is 7.90. The van der Waals surface area contributed by atoms with Gasteiger partial charge in [-0.3, -0.25) is 9.52 Å². The Hall–Kier alpha value is -2.62. The number of nitrogens with zero attached hydrogens (tertiary/aromatic N) is 2. The summed E-state index contributed by atoms with van der Waals surface area (Å²) in [6.07, 6.45) is -0.670. The number of aryl methyl sites for hydroxylation is 2. The Morgan fingerprint density at radius 3 is 2.48 bits per heavy atom. The van der Waals surface area contributed by atoms with Gasteiger partial charge in [-0.05, 0) is 37.6 Å². The number of rotatable bonds is 7. The van der Waals surface area contributed by atoms with Crippen molar-refractivity contribution in [3.63, 3.8) is 0 Å². The average molecular weight is 448 g/mol. The van der Waals surface area contributed by atoms with Crippen molar-refractivity contribution >= 4 is 21.8 Å². The minimum absolute atomic E-state index is 0.0538. The standard InChI is InChI=1S/C22H29N3O5S/c1-15-9-10-16(2)19(11-15)22(26)25-13-20(29-5)21(14-25)30-18-8-6-7-17(12-18)23-31(27,28)24(3)4/h6-12,20-21,23H,13-14H2,1-5H3/t20-,21-/m1/s1. The van der Waals surface area contributed by atoms with E-state index in [1.165, 1.54) is 14.1 Å². The predicted molar refractivity (Wildman–Crippen MR) is 120 cm³/mol.